The molecule has 0 aromatic rings. The van der Waals surface area contributed by atoms with Gasteiger partial charge in [-0.3, -0.25) is 9.79 Å². The van der Waals surface area contributed by atoms with Gasteiger partial charge >= 0.3 is 5.70 Å². The first-order valence-electron chi connectivity index (χ1n) is 7.02. The molecule has 4 nitrogen and oxygen atoms in total. The first kappa shape index (κ1) is 13.4. The Hall–Kier alpha value is -2.59. The van der Waals surface area contributed by atoms with Crippen molar-refractivity contribution in [3.05, 3.63) is 40.2 Å². The molecule has 2 heterocycles. The van der Waals surface area contributed by atoms with Crippen molar-refractivity contribution in [2.24, 2.45) is 16.8 Å². The monoisotopic (exact) mass is 278 g/mol. The van der Waals surface area contributed by atoms with Gasteiger partial charge in [0.25, 0.3) is 6.57 Å². The van der Waals surface area contributed by atoms with E-state index in [-0.39, 0.29) is 17.7 Å². The Bertz CT molecular complexity index is 707. The van der Waals surface area contributed by atoms with Gasteiger partial charge in [-0.05, 0) is 23.4 Å². The zero-order valence-corrected chi connectivity index (χ0v) is 11.9. The van der Waals surface area contributed by atoms with E-state index in [1.807, 2.05) is 18.4 Å². The lowest BCUT2D eigenvalue weighted by molar-refractivity contribution is -0.125. The molecule has 3 aliphatic rings. The number of aliphatic imine (C=N–C) groups is 1. The number of amides is 1. The van der Waals surface area contributed by atoms with Crippen LogP contribution in [0.1, 0.15) is 19.3 Å². The van der Waals surface area contributed by atoms with Crippen LogP contribution < -0.4 is 0 Å². The van der Waals surface area contributed by atoms with Crippen molar-refractivity contribution >= 4 is 12.1 Å². The second kappa shape index (κ2) is 5.42. The summed E-state index contributed by atoms with van der Waals surface area (Å²) < 4.78 is 0. The Morgan fingerprint density at radius 2 is 2.33 bits per heavy atom. The normalized spacial score (nSPS) is 27.3. The molecule has 2 aliphatic heterocycles. The van der Waals surface area contributed by atoms with E-state index < -0.39 is 0 Å². The fourth-order valence-corrected chi connectivity index (χ4v) is 2.76. The summed E-state index contributed by atoms with van der Waals surface area (Å²) in [5.74, 6) is 6.77. The number of fused-ring (bicyclic) bond motifs is 1. The van der Waals surface area contributed by atoms with E-state index in [0.29, 0.717) is 6.42 Å². The third kappa shape index (κ3) is 2.53. The summed E-state index contributed by atoms with van der Waals surface area (Å²) in [7, 11) is 1.81. The van der Waals surface area contributed by atoms with Crippen LogP contribution in [0.4, 0.5) is 0 Å². The second-order valence-electron chi connectivity index (χ2n) is 5.39. The van der Waals surface area contributed by atoms with Crippen LogP contribution in [0.5, 0.6) is 0 Å². The SMILES string of the molecule is C#[N+]C1=CN=CC(C2=CC=C3C(C#C2)CC(=O)N3C)CC1. The zero-order valence-electron chi connectivity index (χ0n) is 11.9. The number of hydrogen-bond acceptors (Lipinski definition) is 2. The highest BCUT2D eigenvalue weighted by molar-refractivity contribution is 5.83. The molecule has 1 fully saturated rings. The second-order valence-corrected chi connectivity index (χ2v) is 5.39. The van der Waals surface area contributed by atoms with Gasteiger partial charge in [0, 0.05) is 36.9 Å². The topological polar surface area (TPSA) is 37.0 Å². The minimum Gasteiger partial charge on any atom is -0.318 e. The fraction of sp³-hybridized carbons (Fsp3) is 0.353. The lowest BCUT2D eigenvalue weighted by atomic mass is 9.95. The molecule has 0 N–H and O–H groups in total. The van der Waals surface area contributed by atoms with Crippen molar-refractivity contribution in [2.45, 2.75) is 19.3 Å². The molecule has 21 heavy (non-hydrogen) atoms. The number of nitrogens with zero attached hydrogens (tertiary/aromatic N) is 3. The van der Waals surface area contributed by atoms with Crippen molar-refractivity contribution in [3.8, 4) is 18.4 Å². The molecule has 1 saturated heterocycles. The molecule has 2 unspecified atom stereocenters. The van der Waals surface area contributed by atoms with Crippen LogP contribution >= 0.6 is 0 Å². The van der Waals surface area contributed by atoms with Gasteiger partial charge in [-0.15, -0.1) is 0 Å². The smallest absolute Gasteiger partial charge is 0.318 e. The van der Waals surface area contributed by atoms with Crippen molar-refractivity contribution in [2.75, 3.05) is 7.05 Å². The van der Waals surface area contributed by atoms with Crippen molar-refractivity contribution in [3.63, 3.8) is 0 Å². The molecular weight excluding hydrogens is 262 g/mol. The summed E-state index contributed by atoms with van der Waals surface area (Å²) in [4.78, 5) is 21.4. The van der Waals surface area contributed by atoms with E-state index in [1.54, 1.807) is 18.1 Å². The Morgan fingerprint density at radius 1 is 1.48 bits per heavy atom. The molecule has 4 heteroatoms. The molecule has 104 valence electrons. The predicted octanol–water partition coefficient (Wildman–Crippen LogP) is 2.58. The third-order valence-corrected chi connectivity index (χ3v) is 4.09. The van der Waals surface area contributed by atoms with Crippen molar-refractivity contribution in [1.82, 2.24) is 4.90 Å². The van der Waals surface area contributed by atoms with E-state index in [4.69, 9.17) is 6.57 Å². The molecule has 0 aromatic carbocycles. The largest absolute Gasteiger partial charge is 0.334 e. The molecule has 0 saturated carbocycles. The minimum absolute atomic E-state index is 0.0201. The molecule has 0 bridgehead atoms. The van der Waals surface area contributed by atoms with Gasteiger partial charge in [-0.1, -0.05) is 11.8 Å². The lowest BCUT2D eigenvalue weighted by Gasteiger charge is -2.11. The Balaban J connectivity index is 1.83. The fourth-order valence-electron chi connectivity index (χ4n) is 2.76. The molecule has 0 radical (unpaired) electrons. The zero-order chi connectivity index (χ0) is 14.8. The maximum absolute atomic E-state index is 11.7. The van der Waals surface area contributed by atoms with Crippen LogP contribution in [-0.2, 0) is 4.79 Å². The minimum atomic E-state index is 0.0201. The van der Waals surface area contributed by atoms with Gasteiger partial charge in [0.1, 0.15) is 6.20 Å². The highest BCUT2D eigenvalue weighted by Gasteiger charge is 2.31. The van der Waals surface area contributed by atoms with Crippen LogP contribution in [0.2, 0.25) is 0 Å². The van der Waals surface area contributed by atoms with Gasteiger partial charge in [-0.25, -0.2) is 0 Å². The average Bonchev–Trinajstić information content (AvgIpc) is 2.74. The number of hydrogen-bond donors (Lipinski definition) is 0. The van der Waals surface area contributed by atoms with Crippen LogP contribution in [-0.4, -0.2) is 24.1 Å². The number of rotatable bonds is 1. The summed E-state index contributed by atoms with van der Waals surface area (Å²) >= 11 is 0. The van der Waals surface area contributed by atoms with Gasteiger partial charge in [0.15, 0.2) is 0 Å². The van der Waals surface area contributed by atoms with Gasteiger partial charge < -0.3 is 4.90 Å². The number of carbonyl (C=O) groups excluding carboxylic acids is 1. The third-order valence-electron chi connectivity index (χ3n) is 4.09. The quantitative estimate of drug-likeness (QED) is 0.679. The van der Waals surface area contributed by atoms with Crippen LogP contribution in [0.25, 0.3) is 4.85 Å². The van der Waals surface area contributed by atoms with Gasteiger partial charge in [0.2, 0.25) is 5.91 Å². The Labute approximate surface area is 124 Å². The standard InChI is InChI=1S/C17H16N3O/c1-18-15-7-5-14(10-19-11-15)12-3-4-13-9-17(21)20(2)16(13)8-6-12/h1,6,8,10-11,13-14H,5,7,9H2,2H3/q+1. The molecule has 1 amide bonds. The summed E-state index contributed by atoms with van der Waals surface area (Å²) in [6.45, 7) is 5.31. The van der Waals surface area contributed by atoms with E-state index in [2.05, 4.69) is 21.7 Å². The number of allylic oxidation sites excluding steroid dienone is 5. The van der Waals surface area contributed by atoms with Crippen LogP contribution in [0.3, 0.4) is 0 Å². The van der Waals surface area contributed by atoms with E-state index >= 15 is 0 Å². The molecule has 0 aromatic heterocycles. The predicted molar refractivity (Wildman–Crippen MR) is 82.4 cm³/mol. The number of likely N-dealkylation sites (tertiary alicyclic amines) is 1. The van der Waals surface area contributed by atoms with Gasteiger partial charge in [0.05, 0.1) is 12.3 Å². The molecule has 2 atom stereocenters. The van der Waals surface area contributed by atoms with Crippen LogP contribution in [0.15, 0.2) is 40.3 Å². The summed E-state index contributed by atoms with van der Waals surface area (Å²) in [6.07, 6.45) is 9.76. The highest BCUT2D eigenvalue weighted by atomic mass is 16.2. The van der Waals surface area contributed by atoms with Crippen molar-refractivity contribution in [1.29, 1.82) is 0 Å². The molecule has 0 spiro atoms. The van der Waals surface area contributed by atoms with E-state index in [9.17, 15) is 4.79 Å². The first-order chi connectivity index (χ1) is 10.2. The average molecular weight is 278 g/mol. The first-order valence-corrected chi connectivity index (χ1v) is 7.02. The Morgan fingerprint density at radius 3 is 3.14 bits per heavy atom. The van der Waals surface area contributed by atoms with E-state index in [1.165, 1.54) is 0 Å². The highest BCUT2D eigenvalue weighted by Crippen LogP contribution is 2.30. The maximum atomic E-state index is 11.7. The molecular formula is C17H16N3O+. The summed E-state index contributed by atoms with van der Waals surface area (Å²) in [5.41, 5.74) is 2.83. The van der Waals surface area contributed by atoms with Crippen LogP contribution in [0, 0.1) is 30.2 Å². The maximum Gasteiger partial charge on any atom is 0.334 e. The van der Waals surface area contributed by atoms with E-state index in [0.717, 1.165) is 29.8 Å². The van der Waals surface area contributed by atoms with Crippen molar-refractivity contribution < 1.29 is 4.79 Å². The Kier molecular flexibility index (Phi) is 3.46. The summed E-state index contributed by atoms with van der Waals surface area (Å²) in [5, 5.41) is 0. The number of carbonyl (C=O) groups is 1. The lowest BCUT2D eigenvalue weighted by Crippen LogP contribution is -2.17. The molecule has 1 aliphatic carbocycles. The molecule has 3 rings (SSSR count). The summed E-state index contributed by atoms with van der Waals surface area (Å²) in [6, 6.07) is 0. The van der Waals surface area contributed by atoms with Gasteiger partial charge in [-0.2, -0.15) is 0 Å².